The van der Waals surface area contributed by atoms with Gasteiger partial charge in [-0.3, -0.25) is 4.79 Å². The van der Waals surface area contributed by atoms with Gasteiger partial charge in [-0.15, -0.1) is 0 Å². The van der Waals surface area contributed by atoms with E-state index in [4.69, 9.17) is 0 Å². The lowest BCUT2D eigenvalue weighted by atomic mass is 10.1. The molecule has 1 aromatic carbocycles. The fourth-order valence-electron chi connectivity index (χ4n) is 1.99. The number of amides is 1. The van der Waals surface area contributed by atoms with Gasteiger partial charge in [0.1, 0.15) is 11.6 Å². The zero-order chi connectivity index (χ0) is 14.1. The number of aryl methyl sites for hydroxylation is 1. The number of hydrogen-bond donors (Lipinski definition) is 1. The Balaban J connectivity index is 2.02. The van der Waals surface area contributed by atoms with E-state index in [0.717, 1.165) is 5.56 Å². The molecule has 0 spiro atoms. The Labute approximate surface area is 114 Å². The molecule has 1 aliphatic heterocycles. The van der Waals surface area contributed by atoms with E-state index in [2.05, 4.69) is 20.5 Å². The molecule has 0 aliphatic carbocycles. The number of hydrazone groups is 1. The van der Waals surface area contributed by atoms with Gasteiger partial charge in [-0.25, -0.2) is 19.8 Å². The van der Waals surface area contributed by atoms with Gasteiger partial charge < -0.3 is 0 Å². The van der Waals surface area contributed by atoms with Crippen LogP contribution in [0.25, 0.3) is 11.3 Å². The molecule has 0 radical (unpaired) electrons. The van der Waals surface area contributed by atoms with Crippen molar-refractivity contribution in [3.05, 3.63) is 47.7 Å². The Bertz CT molecular complexity index is 710. The van der Waals surface area contributed by atoms with Crippen LogP contribution in [0.4, 0.5) is 4.39 Å². The van der Waals surface area contributed by atoms with Crippen LogP contribution in [0.1, 0.15) is 17.9 Å². The summed E-state index contributed by atoms with van der Waals surface area (Å²) in [6.07, 6.45) is 0.208. The first-order valence-corrected chi connectivity index (χ1v) is 6.09. The topological polar surface area (TPSA) is 67.2 Å². The Kier molecular flexibility index (Phi) is 2.98. The molecule has 5 nitrogen and oxygen atoms in total. The normalized spacial score (nSPS) is 14.1. The van der Waals surface area contributed by atoms with Crippen molar-refractivity contribution in [2.45, 2.75) is 13.3 Å². The van der Waals surface area contributed by atoms with Crippen LogP contribution in [0.5, 0.6) is 0 Å². The summed E-state index contributed by atoms with van der Waals surface area (Å²) >= 11 is 0. The highest BCUT2D eigenvalue weighted by Gasteiger charge is 2.18. The van der Waals surface area contributed by atoms with Crippen LogP contribution in [0.15, 0.2) is 35.4 Å². The van der Waals surface area contributed by atoms with Crippen LogP contribution >= 0.6 is 0 Å². The highest BCUT2D eigenvalue weighted by atomic mass is 19.1. The second kappa shape index (κ2) is 4.80. The summed E-state index contributed by atoms with van der Waals surface area (Å²) in [4.78, 5) is 19.8. The van der Waals surface area contributed by atoms with Crippen LogP contribution in [0.3, 0.4) is 0 Å². The van der Waals surface area contributed by atoms with Crippen molar-refractivity contribution in [3.63, 3.8) is 0 Å². The molecule has 2 aromatic rings. The maximum Gasteiger partial charge on any atom is 0.246 e. The summed E-state index contributed by atoms with van der Waals surface area (Å²) < 4.78 is 13.0. The zero-order valence-corrected chi connectivity index (χ0v) is 10.7. The van der Waals surface area contributed by atoms with Gasteiger partial charge in [0, 0.05) is 5.56 Å². The van der Waals surface area contributed by atoms with E-state index in [-0.39, 0.29) is 18.1 Å². The van der Waals surface area contributed by atoms with Gasteiger partial charge in [-0.05, 0) is 37.3 Å². The van der Waals surface area contributed by atoms with Gasteiger partial charge in [0.25, 0.3) is 0 Å². The zero-order valence-electron chi connectivity index (χ0n) is 10.7. The molecule has 0 saturated heterocycles. The average molecular weight is 270 g/mol. The maximum atomic E-state index is 13.0. The van der Waals surface area contributed by atoms with Gasteiger partial charge >= 0.3 is 0 Å². The molecule has 1 N–H and O–H groups in total. The van der Waals surface area contributed by atoms with Crippen LogP contribution in [0.2, 0.25) is 0 Å². The lowest BCUT2D eigenvalue weighted by molar-refractivity contribution is -0.119. The first-order chi connectivity index (χ1) is 9.61. The number of nitrogens with one attached hydrogen (secondary N) is 1. The lowest BCUT2D eigenvalue weighted by Gasteiger charge is -2.05. The monoisotopic (exact) mass is 270 g/mol. The van der Waals surface area contributed by atoms with Crippen molar-refractivity contribution >= 4 is 11.6 Å². The van der Waals surface area contributed by atoms with Crippen molar-refractivity contribution < 1.29 is 9.18 Å². The van der Waals surface area contributed by atoms with E-state index in [1.165, 1.54) is 12.1 Å². The van der Waals surface area contributed by atoms with Gasteiger partial charge in [-0.2, -0.15) is 5.10 Å². The number of nitrogens with zero attached hydrogens (tertiary/aromatic N) is 3. The molecule has 2 heterocycles. The first-order valence-electron chi connectivity index (χ1n) is 6.09. The fourth-order valence-corrected chi connectivity index (χ4v) is 1.99. The highest BCUT2D eigenvalue weighted by molar-refractivity contribution is 6.12. The van der Waals surface area contributed by atoms with Crippen LogP contribution in [-0.2, 0) is 4.79 Å². The molecule has 3 rings (SSSR count). The quantitative estimate of drug-likeness (QED) is 0.905. The van der Waals surface area contributed by atoms with E-state index < -0.39 is 0 Å². The molecular weight excluding hydrogens is 259 g/mol. The molecule has 1 amide bonds. The summed E-state index contributed by atoms with van der Waals surface area (Å²) in [5, 5.41) is 3.94. The maximum absolute atomic E-state index is 13.0. The minimum atomic E-state index is -0.297. The predicted molar refractivity (Wildman–Crippen MR) is 71.5 cm³/mol. The number of hydrogen-bond acceptors (Lipinski definition) is 4. The van der Waals surface area contributed by atoms with Crippen LogP contribution in [0, 0.1) is 12.7 Å². The third-order valence-electron chi connectivity index (χ3n) is 2.92. The molecule has 0 bridgehead atoms. The van der Waals surface area contributed by atoms with Crippen LogP contribution in [-0.4, -0.2) is 21.6 Å². The molecule has 0 fully saturated rings. The number of rotatable bonds is 2. The largest absolute Gasteiger partial charge is 0.273 e. The molecule has 1 aliphatic rings. The molecular formula is C14H11FN4O. The SMILES string of the molecule is Cc1nc(C2=NNC(=O)C2)cc(-c2ccc(F)cc2)n1. The standard InChI is InChI=1S/C14H11FN4O/c1-8-16-11(9-2-4-10(15)5-3-9)6-12(17-8)13-7-14(20)19-18-13/h2-6H,7H2,1H3,(H,19,20). The summed E-state index contributed by atoms with van der Waals surface area (Å²) in [5.41, 5.74) is 5.05. The minimum Gasteiger partial charge on any atom is -0.273 e. The predicted octanol–water partition coefficient (Wildman–Crippen LogP) is 1.82. The van der Waals surface area contributed by atoms with E-state index in [1.807, 2.05) is 0 Å². The summed E-state index contributed by atoms with van der Waals surface area (Å²) in [5.74, 6) is 0.123. The lowest BCUT2D eigenvalue weighted by Crippen LogP contribution is -2.10. The number of halogens is 1. The molecule has 0 atom stereocenters. The molecule has 20 heavy (non-hydrogen) atoms. The Morgan fingerprint density at radius 2 is 1.85 bits per heavy atom. The molecule has 6 heteroatoms. The Morgan fingerprint density at radius 3 is 2.50 bits per heavy atom. The molecule has 1 aromatic heterocycles. The minimum absolute atomic E-state index is 0.153. The number of benzene rings is 1. The Morgan fingerprint density at radius 1 is 1.15 bits per heavy atom. The van der Waals surface area contributed by atoms with Gasteiger partial charge in [0.2, 0.25) is 5.91 Å². The van der Waals surface area contributed by atoms with Gasteiger partial charge in [0.15, 0.2) is 0 Å². The first kappa shape index (κ1) is 12.4. The van der Waals surface area contributed by atoms with Crippen molar-refractivity contribution in [2.75, 3.05) is 0 Å². The molecule has 100 valence electrons. The summed E-state index contributed by atoms with van der Waals surface area (Å²) in [6.45, 7) is 1.77. The summed E-state index contributed by atoms with van der Waals surface area (Å²) in [7, 11) is 0. The number of carbonyl (C=O) groups is 1. The summed E-state index contributed by atoms with van der Waals surface area (Å²) in [6, 6.07) is 7.82. The number of aromatic nitrogens is 2. The second-order valence-electron chi connectivity index (χ2n) is 4.46. The van der Waals surface area contributed by atoms with Crippen molar-refractivity contribution in [3.8, 4) is 11.3 Å². The van der Waals surface area contributed by atoms with E-state index in [1.54, 1.807) is 25.1 Å². The highest BCUT2D eigenvalue weighted by Crippen LogP contribution is 2.19. The second-order valence-corrected chi connectivity index (χ2v) is 4.46. The Hall–Kier alpha value is -2.63. The van der Waals surface area contributed by atoms with Gasteiger partial charge in [0.05, 0.1) is 23.5 Å². The average Bonchev–Trinajstić information content (AvgIpc) is 2.85. The molecule has 0 saturated carbocycles. The number of carbonyl (C=O) groups excluding carboxylic acids is 1. The third-order valence-corrected chi connectivity index (χ3v) is 2.92. The van der Waals surface area contributed by atoms with Crippen molar-refractivity contribution in [1.82, 2.24) is 15.4 Å². The smallest absolute Gasteiger partial charge is 0.246 e. The fraction of sp³-hybridized carbons (Fsp3) is 0.143. The van der Waals surface area contributed by atoms with E-state index >= 15 is 0 Å². The van der Waals surface area contributed by atoms with Crippen LogP contribution < -0.4 is 5.43 Å². The van der Waals surface area contributed by atoms with E-state index in [9.17, 15) is 9.18 Å². The third kappa shape index (κ3) is 2.40. The van der Waals surface area contributed by atoms with Crippen molar-refractivity contribution in [1.29, 1.82) is 0 Å². The van der Waals surface area contributed by atoms with Crippen molar-refractivity contribution in [2.24, 2.45) is 5.10 Å². The molecule has 0 unspecified atom stereocenters. The van der Waals surface area contributed by atoms with Gasteiger partial charge in [-0.1, -0.05) is 0 Å². The van der Waals surface area contributed by atoms with E-state index in [0.29, 0.717) is 22.9 Å².